The molecule has 1 aromatic rings. The van der Waals surface area contributed by atoms with Crippen molar-refractivity contribution in [2.45, 2.75) is 26.8 Å². The third-order valence-electron chi connectivity index (χ3n) is 2.65. The first kappa shape index (κ1) is 14.0. The van der Waals surface area contributed by atoms with Crippen LogP contribution in [0.25, 0.3) is 0 Å². The van der Waals surface area contributed by atoms with Gasteiger partial charge in [0.1, 0.15) is 11.9 Å². The molecule has 18 heavy (non-hydrogen) atoms. The minimum atomic E-state index is -1.09. The molecule has 0 saturated carbocycles. The Bertz CT molecular complexity index is 464. The Balaban J connectivity index is 3.11. The van der Waals surface area contributed by atoms with Crippen LogP contribution in [0.5, 0.6) is 0 Å². The SMILES string of the molecule is CC(=O)c1c[nH]c(N(C=O)C(C(=O)O)C(C)C)c1. The zero-order chi connectivity index (χ0) is 13.9. The number of carboxylic acids is 1. The summed E-state index contributed by atoms with van der Waals surface area (Å²) >= 11 is 0. The fourth-order valence-electron chi connectivity index (χ4n) is 1.73. The molecule has 1 heterocycles. The molecule has 0 aliphatic carbocycles. The molecule has 1 aromatic heterocycles. The minimum Gasteiger partial charge on any atom is -0.480 e. The Kier molecular flexibility index (Phi) is 4.25. The number of rotatable bonds is 6. The molecule has 0 aromatic carbocycles. The monoisotopic (exact) mass is 252 g/mol. The molecular weight excluding hydrogens is 236 g/mol. The third-order valence-corrected chi connectivity index (χ3v) is 2.65. The Morgan fingerprint density at radius 2 is 2.06 bits per heavy atom. The normalized spacial score (nSPS) is 12.2. The number of anilines is 1. The molecular formula is C12H16N2O4. The highest BCUT2D eigenvalue weighted by Crippen LogP contribution is 2.20. The largest absolute Gasteiger partial charge is 0.480 e. The van der Waals surface area contributed by atoms with Crippen LogP contribution in [0.2, 0.25) is 0 Å². The number of ketones is 1. The molecule has 6 nitrogen and oxygen atoms in total. The number of aromatic nitrogens is 1. The number of hydrogen-bond acceptors (Lipinski definition) is 3. The summed E-state index contributed by atoms with van der Waals surface area (Å²) in [6, 6.07) is 0.496. The molecule has 0 bridgehead atoms. The lowest BCUT2D eigenvalue weighted by Crippen LogP contribution is -2.44. The second-order valence-corrected chi connectivity index (χ2v) is 4.37. The van der Waals surface area contributed by atoms with Gasteiger partial charge in [-0.05, 0) is 18.9 Å². The van der Waals surface area contributed by atoms with Gasteiger partial charge < -0.3 is 10.1 Å². The molecule has 0 aliphatic heterocycles. The number of carbonyl (C=O) groups excluding carboxylic acids is 2. The number of aliphatic carboxylic acids is 1. The first-order chi connectivity index (χ1) is 8.38. The highest BCUT2D eigenvalue weighted by Gasteiger charge is 2.29. The molecule has 1 amide bonds. The van der Waals surface area contributed by atoms with Gasteiger partial charge in [0.25, 0.3) is 0 Å². The van der Waals surface area contributed by atoms with Crippen molar-refractivity contribution in [1.82, 2.24) is 4.98 Å². The third kappa shape index (κ3) is 2.77. The van der Waals surface area contributed by atoms with Gasteiger partial charge in [-0.15, -0.1) is 0 Å². The fraction of sp³-hybridized carbons (Fsp3) is 0.417. The van der Waals surface area contributed by atoms with Crippen LogP contribution in [0.1, 0.15) is 31.1 Å². The van der Waals surface area contributed by atoms with Crippen molar-refractivity contribution in [2.75, 3.05) is 4.90 Å². The topological polar surface area (TPSA) is 90.5 Å². The van der Waals surface area contributed by atoms with E-state index in [-0.39, 0.29) is 11.7 Å². The maximum atomic E-state index is 11.2. The number of Topliss-reactive ketones (excluding diaryl/α,β-unsaturated/α-hetero) is 1. The standard InChI is InChI=1S/C12H16N2O4/c1-7(2)11(12(17)18)14(6-15)10-4-9(5-13-10)8(3)16/h4-7,11,13H,1-3H3,(H,17,18). The summed E-state index contributed by atoms with van der Waals surface area (Å²) in [5.74, 6) is -1.19. The van der Waals surface area contributed by atoms with Crippen molar-refractivity contribution in [3.8, 4) is 0 Å². The van der Waals surface area contributed by atoms with E-state index in [2.05, 4.69) is 4.98 Å². The number of H-pyrrole nitrogens is 1. The summed E-state index contributed by atoms with van der Waals surface area (Å²) in [6.45, 7) is 4.82. The second-order valence-electron chi connectivity index (χ2n) is 4.37. The van der Waals surface area contributed by atoms with Gasteiger partial charge in [-0.2, -0.15) is 0 Å². The van der Waals surface area contributed by atoms with Crippen LogP contribution >= 0.6 is 0 Å². The Hall–Kier alpha value is -2.11. The molecule has 98 valence electrons. The molecule has 1 atom stereocenters. The number of carbonyl (C=O) groups is 3. The summed E-state index contributed by atoms with van der Waals surface area (Å²) in [4.78, 5) is 37.3. The first-order valence-electron chi connectivity index (χ1n) is 5.54. The van der Waals surface area contributed by atoms with Crippen LogP contribution in [0, 0.1) is 5.92 Å². The first-order valence-corrected chi connectivity index (χ1v) is 5.54. The predicted molar refractivity (Wildman–Crippen MR) is 65.6 cm³/mol. The highest BCUT2D eigenvalue weighted by atomic mass is 16.4. The average molecular weight is 252 g/mol. The van der Waals surface area contributed by atoms with E-state index in [1.54, 1.807) is 13.8 Å². The van der Waals surface area contributed by atoms with E-state index in [1.807, 2.05) is 0 Å². The molecule has 1 rings (SSSR count). The number of hydrogen-bond donors (Lipinski definition) is 2. The lowest BCUT2D eigenvalue weighted by atomic mass is 10.0. The summed E-state index contributed by atoms with van der Waals surface area (Å²) in [5, 5.41) is 9.14. The fourth-order valence-corrected chi connectivity index (χ4v) is 1.73. The summed E-state index contributed by atoms with van der Waals surface area (Å²) < 4.78 is 0. The van der Waals surface area contributed by atoms with E-state index in [4.69, 9.17) is 5.11 Å². The minimum absolute atomic E-state index is 0.153. The van der Waals surface area contributed by atoms with E-state index >= 15 is 0 Å². The zero-order valence-corrected chi connectivity index (χ0v) is 10.5. The van der Waals surface area contributed by atoms with Crippen LogP contribution in [0.15, 0.2) is 12.3 Å². The predicted octanol–water partition coefficient (Wildman–Crippen LogP) is 1.29. The van der Waals surface area contributed by atoms with Crippen molar-refractivity contribution in [3.63, 3.8) is 0 Å². The summed E-state index contributed by atoms with van der Waals surface area (Å²) in [5.41, 5.74) is 0.407. The van der Waals surface area contributed by atoms with Crippen molar-refractivity contribution in [1.29, 1.82) is 0 Å². The number of carboxylic acid groups (broad SMARTS) is 1. The molecule has 1 unspecified atom stereocenters. The van der Waals surface area contributed by atoms with Crippen molar-refractivity contribution < 1.29 is 19.5 Å². The zero-order valence-electron chi connectivity index (χ0n) is 10.5. The van der Waals surface area contributed by atoms with Gasteiger partial charge in [0.15, 0.2) is 5.78 Å². The molecule has 2 N–H and O–H groups in total. The van der Waals surface area contributed by atoms with E-state index in [0.717, 1.165) is 4.90 Å². The average Bonchev–Trinajstić information content (AvgIpc) is 2.73. The van der Waals surface area contributed by atoms with Crippen LogP contribution in [0.4, 0.5) is 5.82 Å². The molecule has 0 saturated heterocycles. The number of aromatic amines is 1. The molecule has 0 aliphatic rings. The van der Waals surface area contributed by atoms with Crippen LogP contribution in [-0.4, -0.2) is 34.3 Å². The van der Waals surface area contributed by atoms with Crippen LogP contribution in [-0.2, 0) is 9.59 Å². The smallest absolute Gasteiger partial charge is 0.327 e. The quantitative estimate of drug-likeness (QED) is 0.589. The molecule has 0 fully saturated rings. The maximum absolute atomic E-state index is 11.2. The Labute approximate surface area is 105 Å². The molecule has 0 radical (unpaired) electrons. The van der Waals surface area contributed by atoms with Crippen molar-refractivity contribution >= 4 is 24.0 Å². The van der Waals surface area contributed by atoms with Gasteiger partial charge in [0.2, 0.25) is 6.41 Å². The van der Waals surface area contributed by atoms with Crippen LogP contribution < -0.4 is 4.90 Å². The number of nitrogens with zero attached hydrogens (tertiary/aromatic N) is 1. The Morgan fingerprint density at radius 3 is 2.39 bits per heavy atom. The lowest BCUT2D eigenvalue weighted by molar-refractivity contribution is -0.140. The van der Waals surface area contributed by atoms with E-state index in [1.165, 1.54) is 19.2 Å². The van der Waals surface area contributed by atoms with Gasteiger partial charge in [-0.1, -0.05) is 13.8 Å². The second kappa shape index (κ2) is 5.48. The summed E-state index contributed by atoms with van der Waals surface area (Å²) in [6.07, 6.45) is 1.90. The number of amides is 1. The van der Waals surface area contributed by atoms with Gasteiger partial charge in [-0.25, -0.2) is 4.79 Å². The van der Waals surface area contributed by atoms with E-state index in [9.17, 15) is 14.4 Å². The lowest BCUT2D eigenvalue weighted by Gasteiger charge is -2.26. The maximum Gasteiger partial charge on any atom is 0.327 e. The van der Waals surface area contributed by atoms with E-state index in [0.29, 0.717) is 17.8 Å². The molecule has 0 spiro atoms. The summed E-state index contributed by atoms with van der Waals surface area (Å²) in [7, 11) is 0. The highest BCUT2D eigenvalue weighted by molar-refractivity contribution is 5.96. The number of nitrogens with one attached hydrogen (secondary N) is 1. The van der Waals surface area contributed by atoms with Gasteiger partial charge in [-0.3, -0.25) is 14.5 Å². The van der Waals surface area contributed by atoms with Crippen LogP contribution in [0.3, 0.4) is 0 Å². The van der Waals surface area contributed by atoms with E-state index < -0.39 is 12.0 Å². The van der Waals surface area contributed by atoms with Gasteiger partial charge >= 0.3 is 5.97 Å². The van der Waals surface area contributed by atoms with Gasteiger partial charge in [0, 0.05) is 11.8 Å². The van der Waals surface area contributed by atoms with Crippen molar-refractivity contribution in [3.05, 3.63) is 17.8 Å². The van der Waals surface area contributed by atoms with Gasteiger partial charge in [0.05, 0.1) is 0 Å². The molecule has 6 heteroatoms. The van der Waals surface area contributed by atoms with Crippen molar-refractivity contribution in [2.24, 2.45) is 5.92 Å². The Morgan fingerprint density at radius 1 is 1.44 bits per heavy atom.